The molecule has 0 amide bonds. The van der Waals surface area contributed by atoms with E-state index in [1.54, 1.807) is 0 Å². The van der Waals surface area contributed by atoms with Crippen LogP contribution in [0.5, 0.6) is 5.75 Å². The molecule has 0 bridgehead atoms. The van der Waals surface area contributed by atoms with Gasteiger partial charge in [0.05, 0.1) is 12.3 Å². The monoisotopic (exact) mass is 360 g/mol. The number of hydrogen-bond donors (Lipinski definition) is 4. The summed E-state index contributed by atoms with van der Waals surface area (Å²) in [5.74, 6) is -1.24. The lowest BCUT2D eigenvalue weighted by Gasteiger charge is -2.12. The SMILES string of the molecule is Cc1ncc(COP(=O)(O)O)c(C=N[C@@H](CC(C)C)C(=O)O)c1O. The maximum absolute atomic E-state index is 11.2. The first-order valence-electron chi connectivity index (χ1n) is 7.14. The fraction of sp³-hybridized carbons (Fsp3) is 0.500. The lowest BCUT2D eigenvalue weighted by atomic mass is 10.0. The molecular formula is C14H21N2O7P. The molecular weight excluding hydrogens is 339 g/mol. The molecule has 1 rings (SSSR count). The number of aromatic nitrogens is 1. The van der Waals surface area contributed by atoms with Crippen molar-refractivity contribution in [2.75, 3.05) is 0 Å². The summed E-state index contributed by atoms with van der Waals surface area (Å²) < 4.78 is 15.2. The number of aliphatic imine (C=N–C) groups is 1. The molecule has 0 unspecified atom stereocenters. The highest BCUT2D eigenvalue weighted by molar-refractivity contribution is 7.46. The number of pyridine rings is 1. The molecule has 0 radical (unpaired) electrons. The Bertz CT molecular complexity index is 669. The number of nitrogens with zero attached hydrogens (tertiary/aromatic N) is 2. The van der Waals surface area contributed by atoms with E-state index in [-0.39, 0.29) is 28.5 Å². The van der Waals surface area contributed by atoms with Crippen molar-refractivity contribution >= 4 is 20.0 Å². The van der Waals surface area contributed by atoms with Gasteiger partial charge in [0.15, 0.2) is 0 Å². The second-order valence-electron chi connectivity index (χ2n) is 5.66. The Balaban J connectivity index is 3.15. The van der Waals surface area contributed by atoms with Crippen molar-refractivity contribution in [1.82, 2.24) is 4.98 Å². The predicted molar refractivity (Wildman–Crippen MR) is 85.9 cm³/mol. The number of rotatable bonds is 8. The molecule has 9 nitrogen and oxygen atoms in total. The highest BCUT2D eigenvalue weighted by Crippen LogP contribution is 2.37. The largest absolute Gasteiger partial charge is 0.505 e. The van der Waals surface area contributed by atoms with Gasteiger partial charge in [-0.3, -0.25) is 14.5 Å². The van der Waals surface area contributed by atoms with Crippen LogP contribution >= 0.6 is 7.82 Å². The number of aromatic hydroxyl groups is 1. The summed E-state index contributed by atoms with van der Waals surface area (Å²) in [6.07, 6.45) is 2.76. The van der Waals surface area contributed by atoms with Gasteiger partial charge in [0.2, 0.25) is 0 Å². The maximum Gasteiger partial charge on any atom is 0.469 e. The van der Waals surface area contributed by atoms with Crippen molar-refractivity contribution in [3.63, 3.8) is 0 Å². The Hall–Kier alpha value is -1.80. The van der Waals surface area contributed by atoms with Crippen LogP contribution < -0.4 is 0 Å². The molecule has 134 valence electrons. The van der Waals surface area contributed by atoms with Crippen molar-refractivity contribution in [2.45, 2.75) is 39.8 Å². The third kappa shape index (κ3) is 6.37. The zero-order valence-electron chi connectivity index (χ0n) is 13.6. The molecule has 0 saturated carbocycles. The molecule has 0 saturated heterocycles. The molecule has 0 spiro atoms. The molecule has 10 heteroatoms. The van der Waals surface area contributed by atoms with Crippen molar-refractivity contribution in [2.24, 2.45) is 10.9 Å². The van der Waals surface area contributed by atoms with Crippen LogP contribution in [0.1, 0.15) is 37.1 Å². The van der Waals surface area contributed by atoms with Crippen LogP contribution in [0.4, 0.5) is 0 Å². The molecule has 0 aliphatic carbocycles. The minimum absolute atomic E-state index is 0.105. The average Bonchev–Trinajstić information content (AvgIpc) is 2.44. The summed E-state index contributed by atoms with van der Waals surface area (Å²) in [6, 6.07) is -0.992. The lowest BCUT2D eigenvalue weighted by Crippen LogP contribution is -2.20. The van der Waals surface area contributed by atoms with Crippen LogP contribution in [0, 0.1) is 12.8 Å². The molecule has 24 heavy (non-hydrogen) atoms. The van der Waals surface area contributed by atoms with E-state index in [1.807, 2.05) is 13.8 Å². The van der Waals surface area contributed by atoms with E-state index in [4.69, 9.17) is 9.79 Å². The highest BCUT2D eigenvalue weighted by atomic mass is 31.2. The molecule has 0 aromatic carbocycles. The third-order valence-electron chi connectivity index (χ3n) is 3.11. The van der Waals surface area contributed by atoms with Gasteiger partial charge in [0, 0.05) is 23.5 Å². The van der Waals surface area contributed by atoms with Crippen LogP contribution in [0.25, 0.3) is 0 Å². The summed E-state index contributed by atoms with van der Waals surface area (Å²) in [5.41, 5.74) is 0.567. The molecule has 1 heterocycles. The molecule has 4 N–H and O–H groups in total. The molecule has 0 aliphatic heterocycles. The zero-order valence-corrected chi connectivity index (χ0v) is 14.5. The van der Waals surface area contributed by atoms with E-state index in [0.717, 1.165) is 0 Å². The second-order valence-corrected chi connectivity index (χ2v) is 6.90. The Kier molecular flexibility index (Phi) is 7.04. The van der Waals surface area contributed by atoms with Crippen molar-refractivity contribution < 1.29 is 33.9 Å². The zero-order chi connectivity index (χ0) is 18.5. The molecule has 1 aromatic rings. The van der Waals surface area contributed by atoms with Gasteiger partial charge in [-0.1, -0.05) is 13.8 Å². The van der Waals surface area contributed by atoms with E-state index in [0.29, 0.717) is 6.42 Å². The van der Waals surface area contributed by atoms with Crippen molar-refractivity contribution in [3.8, 4) is 5.75 Å². The summed E-state index contributed by atoms with van der Waals surface area (Å²) in [6.45, 7) is 4.75. The van der Waals surface area contributed by atoms with E-state index in [2.05, 4.69) is 14.5 Å². The maximum atomic E-state index is 11.2. The van der Waals surface area contributed by atoms with Crippen LogP contribution in [-0.2, 0) is 20.5 Å². The van der Waals surface area contributed by atoms with Crippen molar-refractivity contribution in [3.05, 3.63) is 23.0 Å². The summed E-state index contributed by atoms with van der Waals surface area (Å²) >= 11 is 0. The van der Waals surface area contributed by atoms with Gasteiger partial charge in [-0.2, -0.15) is 0 Å². The van der Waals surface area contributed by atoms with E-state index in [9.17, 15) is 19.6 Å². The second kappa shape index (κ2) is 8.34. The first-order valence-corrected chi connectivity index (χ1v) is 8.67. The van der Waals surface area contributed by atoms with E-state index < -0.39 is 26.4 Å². The topological polar surface area (TPSA) is 150 Å². The summed E-state index contributed by atoms with van der Waals surface area (Å²) in [4.78, 5) is 36.7. The van der Waals surface area contributed by atoms with Crippen LogP contribution in [0.15, 0.2) is 11.2 Å². The fourth-order valence-corrected chi connectivity index (χ4v) is 2.21. The number of phosphoric acid groups is 1. The van der Waals surface area contributed by atoms with Gasteiger partial charge in [-0.05, 0) is 19.3 Å². The first-order chi connectivity index (χ1) is 11.0. The number of hydrogen-bond acceptors (Lipinski definition) is 6. The van der Waals surface area contributed by atoms with Gasteiger partial charge < -0.3 is 20.0 Å². The van der Waals surface area contributed by atoms with Crippen molar-refractivity contribution in [1.29, 1.82) is 0 Å². The average molecular weight is 360 g/mol. The molecule has 1 aromatic heterocycles. The normalized spacial score (nSPS) is 13.6. The fourth-order valence-electron chi connectivity index (χ4n) is 1.90. The standard InChI is InChI=1S/C14H21N2O7P/c1-8(2)4-12(14(18)19)16-6-11-10(7-23-24(20,21)22)5-15-9(3)13(11)17/h5-6,8,12,17H,4,7H2,1-3H3,(H,18,19)(H2,20,21,22)/t12-/m0/s1. The van der Waals surface area contributed by atoms with Crippen LogP contribution in [0.3, 0.4) is 0 Å². The lowest BCUT2D eigenvalue weighted by molar-refractivity contribution is -0.138. The van der Waals surface area contributed by atoms with Gasteiger partial charge >= 0.3 is 13.8 Å². The summed E-state index contributed by atoms with van der Waals surface area (Å²) in [5, 5.41) is 19.3. The van der Waals surface area contributed by atoms with Gasteiger partial charge in [-0.25, -0.2) is 9.36 Å². The Labute approximate surface area is 139 Å². The molecule has 0 fully saturated rings. The third-order valence-corrected chi connectivity index (χ3v) is 3.57. The number of carboxylic acids is 1. The van der Waals surface area contributed by atoms with Gasteiger partial charge in [0.1, 0.15) is 11.8 Å². The number of aryl methyl sites for hydroxylation is 1. The van der Waals surface area contributed by atoms with Gasteiger partial charge in [0.25, 0.3) is 0 Å². The minimum Gasteiger partial charge on any atom is -0.505 e. The van der Waals surface area contributed by atoms with Crippen LogP contribution in [0.2, 0.25) is 0 Å². The number of carbonyl (C=O) groups is 1. The number of aliphatic carboxylic acids is 1. The Morgan fingerprint density at radius 1 is 1.46 bits per heavy atom. The smallest absolute Gasteiger partial charge is 0.469 e. The van der Waals surface area contributed by atoms with Gasteiger partial charge in [-0.15, -0.1) is 0 Å². The number of phosphoric ester groups is 1. The Morgan fingerprint density at radius 2 is 2.08 bits per heavy atom. The molecule has 0 aliphatic rings. The highest BCUT2D eigenvalue weighted by Gasteiger charge is 2.20. The quantitative estimate of drug-likeness (QED) is 0.403. The summed E-state index contributed by atoms with van der Waals surface area (Å²) in [7, 11) is -4.70. The number of carboxylic acid groups (broad SMARTS) is 1. The van der Waals surface area contributed by atoms with Crippen LogP contribution in [-0.4, -0.2) is 43.2 Å². The predicted octanol–water partition coefficient (Wildman–Crippen LogP) is 1.62. The first kappa shape index (κ1) is 20.2. The molecule has 1 atom stereocenters. The minimum atomic E-state index is -4.70. The van der Waals surface area contributed by atoms with E-state index >= 15 is 0 Å². The van der Waals surface area contributed by atoms with E-state index in [1.165, 1.54) is 19.3 Å². The Morgan fingerprint density at radius 3 is 2.58 bits per heavy atom.